The van der Waals surface area contributed by atoms with Gasteiger partial charge >= 0.3 is 0 Å². The quantitative estimate of drug-likeness (QED) is 0.799. The van der Waals surface area contributed by atoms with Crippen LogP contribution in [-0.4, -0.2) is 29.4 Å². The van der Waals surface area contributed by atoms with Gasteiger partial charge in [-0.3, -0.25) is 4.79 Å². The number of carbonyl (C=O) groups excluding carboxylic acids is 1. The van der Waals surface area contributed by atoms with Crippen LogP contribution in [0.4, 0.5) is 0 Å². The van der Waals surface area contributed by atoms with Crippen LogP contribution in [0.25, 0.3) is 0 Å². The van der Waals surface area contributed by atoms with E-state index < -0.39 is 5.54 Å². The maximum Gasteiger partial charge on any atom is 0.287 e. The van der Waals surface area contributed by atoms with Gasteiger partial charge in [-0.1, -0.05) is 13.8 Å². The topological polar surface area (TPSA) is 62.5 Å². The first kappa shape index (κ1) is 15.1. The predicted molar refractivity (Wildman–Crippen MR) is 73.8 cm³/mol. The van der Waals surface area contributed by atoms with Crippen LogP contribution in [0.3, 0.4) is 0 Å². The molecule has 1 amide bonds. The Morgan fingerprint density at radius 1 is 1.44 bits per heavy atom. The second-order valence-electron chi connectivity index (χ2n) is 4.30. The van der Waals surface area contributed by atoms with E-state index in [0.29, 0.717) is 18.6 Å². The van der Waals surface area contributed by atoms with Gasteiger partial charge in [-0.15, -0.1) is 0 Å². The summed E-state index contributed by atoms with van der Waals surface area (Å²) in [5.41, 5.74) is -0.552. The normalized spacial score (nSPS) is 11.6. The van der Waals surface area contributed by atoms with E-state index in [9.17, 15) is 9.90 Å². The Bertz CT molecular complexity index is 377. The van der Waals surface area contributed by atoms with Crippen molar-refractivity contribution < 1.29 is 14.3 Å². The Balaban J connectivity index is 2.74. The molecule has 0 aliphatic rings. The molecule has 0 bridgehead atoms. The lowest BCUT2D eigenvalue weighted by atomic mass is 9.94. The molecular formula is C13H21NO3S. The number of aliphatic hydroxyl groups is 1. The van der Waals surface area contributed by atoms with Gasteiger partial charge in [0, 0.05) is 0 Å². The van der Waals surface area contributed by atoms with Gasteiger partial charge in [0.1, 0.15) is 5.76 Å². The molecule has 5 heteroatoms. The molecular weight excluding hydrogens is 250 g/mol. The minimum Gasteiger partial charge on any atom is -0.455 e. The fraction of sp³-hybridized carbons (Fsp3) is 0.615. The van der Waals surface area contributed by atoms with Gasteiger partial charge in [-0.25, -0.2) is 0 Å². The summed E-state index contributed by atoms with van der Waals surface area (Å²) in [6.45, 7) is 3.83. The number of furan rings is 1. The number of hydrogen-bond donors (Lipinski definition) is 2. The van der Waals surface area contributed by atoms with Gasteiger partial charge in [0.2, 0.25) is 0 Å². The lowest BCUT2D eigenvalue weighted by Gasteiger charge is -2.30. The third-order valence-corrected chi connectivity index (χ3v) is 3.78. The van der Waals surface area contributed by atoms with E-state index in [1.165, 1.54) is 0 Å². The summed E-state index contributed by atoms with van der Waals surface area (Å²) in [6.07, 6.45) is 3.35. The zero-order valence-corrected chi connectivity index (χ0v) is 12.0. The van der Waals surface area contributed by atoms with Crippen LogP contribution in [0.2, 0.25) is 0 Å². The SMILES string of the molecule is CCC(CC)(CO)NC(=O)c1ccc(CSC)o1. The van der Waals surface area contributed by atoms with Gasteiger partial charge in [0.05, 0.1) is 17.9 Å². The van der Waals surface area contributed by atoms with E-state index in [1.807, 2.05) is 26.2 Å². The number of hydrogen-bond acceptors (Lipinski definition) is 4. The molecule has 4 nitrogen and oxygen atoms in total. The molecule has 0 aliphatic heterocycles. The Labute approximate surface area is 112 Å². The highest BCUT2D eigenvalue weighted by Crippen LogP contribution is 2.17. The smallest absolute Gasteiger partial charge is 0.287 e. The van der Waals surface area contributed by atoms with Crippen LogP contribution in [-0.2, 0) is 5.75 Å². The number of thioether (sulfide) groups is 1. The summed E-state index contributed by atoms with van der Waals surface area (Å²) in [6, 6.07) is 3.48. The summed E-state index contributed by atoms with van der Waals surface area (Å²) >= 11 is 1.64. The standard InChI is InChI=1S/C13H21NO3S/c1-4-13(5-2,9-15)14-12(16)11-7-6-10(17-11)8-18-3/h6-7,15H,4-5,8-9H2,1-3H3,(H,14,16). The van der Waals surface area contributed by atoms with E-state index >= 15 is 0 Å². The number of nitrogens with one attached hydrogen (secondary N) is 1. The molecule has 0 spiro atoms. The summed E-state index contributed by atoms with van der Waals surface area (Å²) in [5, 5.41) is 12.3. The first-order valence-corrected chi connectivity index (χ1v) is 7.51. The fourth-order valence-corrected chi connectivity index (χ4v) is 2.15. The van der Waals surface area contributed by atoms with E-state index in [4.69, 9.17) is 4.42 Å². The summed E-state index contributed by atoms with van der Waals surface area (Å²) in [7, 11) is 0. The minimum absolute atomic E-state index is 0.0654. The van der Waals surface area contributed by atoms with Crippen molar-refractivity contribution in [1.82, 2.24) is 5.32 Å². The maximum atomic E-state index is 12.0. The predicted octanol–water partition coefficient (Wildman–Crippen LogP) is 2.42. The molecule has 1 aromatic rings. The van der Waals surface area contributed by atoms with Crippen molar-refractivity contribution in [3.63, 3.8) is 0 Å². The molecule has 0 unspecified atom stereocenters. The summed E-state index contributed by atoms with van der Waals surface area (Å²) < 4.78 is 5.45. The highest BCUT2D eigenvalue weighted by atomic mass is 32.2. The average molecular weight is 271 g/mol. The Hall–Kier alpha value is -0.940. The second kappa shape index (κ2) is 6.85. The molecule has 0 atom stereocenters. The average Bonchev–Trinajstić information content (AvgIpc) is 2.85. The third kappa shape index (κ3) is 3.53. The molecule has 0 fully saturated rings. The van der Waals surface area contributed by atoms with Crippen molar-refractivity contribution in [3.05, 3.63) is 23.7 Å². The number of rotatable bonds is 7. The van der Waals surface area contributed by atoms with E-state index in [-0.39, 0.29) is 12.5 Å². The van der Waals surface area contributed by atoms with Crippen LogP contribution in [0.1, 0.15) is 43.0 Å². The van der Waals surface area contributed by atoms with E-state index in [2.05, 4.69) is 5.32 Å². The molecule has 1 aromatic heterocycles. The highest BCUT2D eigenvalue weighted by molar-refractivity contribution is 7.97. The number of aliphatic hydroxyl groups excluding tert-OH is 1. The van der Waals surface area contributed by atoms with Gasteiger partial charge in [-0.2, -0.15) is 11.8 Å². The largest absolute Gasteiger partial charge is 0.455 e. The Morgan fingerprint density at radius 2 is 2.11 bits per heavy atom. The Morgan fingerprint density at radius 3 is 2.61 bits per heavy atom. The van der Waals surface area contributed by atoms with Gasteiger partial charge < -0.3 is 14.8 Å². The van der Waals surface area contributed by atoms with Crippen LogP contribution in [0.5, 0.6) is 0 Å². The van der Waals surface area contributed by atoms with Crippen molar-refractivity contribution in [2.24, 2.45) is 0 Å². The van der Waals surface area contributed by atoms with Gasteiger partial charge in [0.15, 0.2) is 5.76 Å². The third-order valence-electron chi connectivity index (χ3n) is 3.21. The lowest BCUT2D eigenvalue weighted by Crippen LogP contribution is -2.50. The first-order chi connectivity index (χ1) is 8.60. The number of amides is 1. The molecule has 0 aliphatic carbocycles. The number of carbonyl (C=O) groups is 1. The highest BCUT2D eigenvalue weighted by Gasteiger charge is 2.28. The molecule has 102 valence electrons. The molecule has 0 radical (unpaired) electrons. The van der Waals surface area contributed by atoms with E-state index in [0.717, 1.165) is 11.5 Å². The molecule has 1 rings (SSSR count). The fourth-order valence-electron chi connectivity index (χ4n) is 1.71. The van der Waals surface area contributed by atoms with Crippen LogP contribution >= 0.6 is 11.8 Å². The van der Waals surface area contributed by atoms with Crippen molar-refractivity contribution in [3.8, 4) is 0 Å². The van der Waals surface area contributed by atoms with Crippen molar-refractivity contribution in [2.45, 2.75) is 38.0 Å². The molecule has 0 saturated heterocycles. The van der Waals surface area contributed by atoms with Crippen molar-refractivity contribution in [2.75, 3.05) is 12.9 Å². The summed E-state index contributed by atoms with van der Waals surface area (Å²) in [4.78, 5) is 12.0. The molecule has 18 heavy (non-hydrogen) atoms. The zero-order chi connectivity index (χ0) is 13.6. The minimum atomic E-state index is -0.552. The first-order valence-electron chi connectivity index (χ1n) is 6.11. The van der Waals surface area contributed by atoms with Crippen molar-refractivity contribution >= 4 is 17.7 Å². The molecule has 1 heterocycles. The zero-order valence-electron chi connectivity index (χ0n) is 11.2. The van der Waals surface area contributed by atoms with Gasteiger partial charge in [0.25, 0.3) is 5.91 Å². The molecule has 0 aromatic carbocycles. The maximum absolute atomic E-state index is 12.0. The molecule has 0 saturated carbocycles. The second-order valence-corrected chi connectivity index (χ2v) is 5.16. The lowest BCUT2D eigenvalue weighted by molar-refractivity contribution is 0.0789. The van der Waals surface area contributed by atoms with Gasteiger partial charge in [-0.05, 0) is 31.2 Å². The monoisotopic (exact) mass is 271 g/mol. The van der Waals surface area contributed by atoms with E-state index in [1.54, 1.807) is 17.8 Å². The van der Waals surface area contributed by atoms with Crippen LogP contribution in [0.15, 0.2) is 16.5 Å². The van der Waals surface area contributed by atoms with Crippen LogP contribution < -0.4 is 5.32 Å². The Kier molecular flexibility index (Phi) is 5.75. The van der Waals surface area contributed by atoms with Crippen molar-refractivity contribution in [1.29, 1.82) is 0 Å². The molecule has 2 N–H and O–H groups in total. The van der Waals surface area contributed by atoms with Crippen LogP contribution in [0, 0.1) is 0 Å². The summed E-state index contributed by atoms with van der Waals surface area (Å²) in [5.74, 6) is 1.58.